The highest BCUT2D eigenvalue weighted by Gasteiger charge is 2.34. The molecule has 8 heteroatoms. The van der Waals surface area contributed by atoms with E-state index in [2.05, 4.69) is 15.3 Å². The number of hydrogen-bond donors (Lipinski definition) is 1. The van der Waals surface area contributed by atoms with Gasteiger partial charge in [-0.3, -0.25) is 4.79 Å². The Morgan fingerprint density at radius 2 is 2.07 bits per heavy atom. The molecule has 1 aliphatic heterocycles. The minimum atomic E-state index is -3.06. The van der Waals surface area contributed by atoms with Crippen LogP contribution in [0.25, 0.3) is 0 Å². The Labute approximate surface area is 159 Å². The summed E-state index contributed by atoms with van der Waals surface area (Å²) >= 11 is 0. The first-order chi connectivity index (χ1) is 12.9. The molecule has 1 unspecified atom stereocenters. The number of rotatable bonds is 6. The third kappa shape index (κ3) is 4.63. The minimum Gasteiger partial charge on any atom is -0.366 e. The van der Waals surface area contributed by atoms with E-state index in [1.54, 1.807) is 11.0 Å². The van der Waals surface area contributed by atoms with Crippen LogP contribution in [0.15, 0.2) is 36.7 Å². The largest absolute Gasteiger partial charge is 0.366 e. The molecule has 0 aliphatic carbocycles. The van der Waals surface area contributed by atoms with Gasteiger partial charge in [-0.05, 0) is 31.4 Å². The van der Waals surface area contributed by atoms with Gasteiger partial charge in [0.25, 0.3) is 5.91 Å². The van der Waals surface area contributed by atoms with Crippen LogP contribution in [0.1, 0.15) is 35.0 Å². The van der Waals surface area contributed by atoms with E-state index in [0.717, 1.165) is 5.56 Å². The summed E-state index contributed by atoms with van der Waals surface area (Å²) in [6, 6.07) is 9.38. The number of carbonyl (C=O) groups is 1. The van der Waals surface area contributed by atoms with Crippen molar-refractivity contribution in [3.63, 3.8) is 0 Å². The zero-order chi connectivity index (χ0) is 19.4. The fourth-order valence-electron chi connectivity index (χ4n) is 3.30. The van der Waals surface area contributed by atoms with Gasteiger partial charge in [-0.25, -0.2) is 18.4 Å². The van der Waals surface area contributed by atoms with Gasteiger partial charge in [-0.1, -0.05) is 24.3 Å². The quantitative estimate of drug-likeness (QED) is 0.814. The molecule has 0 spiro atoms. The van der Waals surface area contributed by atoms with Gasteiger partial charge >= 0.3 is 0 Å². The number of aryl methyl sites for hydroxylation is 1. The summed E-state index contributed by atoms with van der Waals surface area (Å²) in [6.07, 6.45) is 1.83. The average Bonchev–Trinajstić information content (AvgIpc) is 3.01. The van der Waals surface area contributed by atoms with Crippen molar-refractivity contribution in [1.82, 2.24) is 14.9 Å². The van der Waals surface area contributed by atoms with Gasteiger partial charge in [0, 0.05) is 25.2 Å². The van der Waals surface area contributed by atoms with Crippen LogP contribution in [0.2, 0.25) is 0 Å². The number of carbonyl (C=O) groups excluding carboxylic acids is 1. The molecule has 1 N–H and O–H groups in total. The topological polar surface area (TPSA) is 92.3 Å². The van der Waals surface area contributed by atoms with E-state index in [1.165, 1.54) is 11.9 Å². The highest BCUT2D eigenvalue weighted by Crippen LogP contribution is 2.20. The summed E-state index contributed by atoms with van der Waals surface area (Å²) in [7, 11) is -3.06. The molecule has 3 rings (SSSR count). The molecule has 7 nitrogen and oxygen atoms in total. The number of sulfone groups is 1. The van der Waals surface area contributed by atoms with Crippen LogP contribution in [0.3, 0.4) is 0 Å². The molecule has 2 heterocycles. The lowest BCUT2D eigenvalue weighted by Crippen LogP contribution is -2.41. The zero-order valence-corrected chi connectivity index (χ0v) is 16.4. The van der Waals surface area contributed by atoms with Crippen molar-refractivity contribution < 1.29 is 13.2 Å². The number of nitrogens with zero attached hydrogens (tertiary/aromatic N) is 3. The van der Waals surface area contributed by atoms with E-state index in [1.807, 2.05) is 38.1 Å². The Morgan fingerprint density at radius 1 is 1.30 bits per heavy atom. The first-order valence-corrected chi connectivity index (χ1v) is 10.8. The normalized spacial score (nSPS) is 18.2. The molecular formula is C19H24N4O3S. The van der Waals surface area contributed by atoms with E-state index < -0.39 is 9.84 Å². The second-order valence-corrected chi connectivity index (χ2v) is 8.95. The second kappa shape index (κ2) is 8.04. The Kier molecular flexibility index (Phi) is 5.74. The van der Waals surface area contributed by atoms with Crippen molar-refractivity contribution in [1.29, 1.82) is 0 Å². The minimum absolute atomic E-state index is 0.0239. The van der Waals surface area contributed by atoms with E-state index in [4.69, 9.17) is 0 Å². The highest BCUT2D eigenvalue weighted by atomic mass is 32.2. The number of aromatic nitrogens is 2. The van der Waals surface area contributed by atoms with Crippen LogP contribution < -0.4 is 5.32 Å². The van der Waals surface area contributed by atoms with Crippen molar-refractivity contribution in [3.8, 4) is 0 Å². The van der Waals surface area contributed by atoms with E-state index in [0.29, 0.717) is 25.3 Å². The maximum absolute atomic E-state index is 12.9. The zero-order valence-electron chi connectivity index (χ0n) is 15.6. The molecule has 1 saturated heterocycles. The van der Waals surface area contributed by atoms with Gasteiger partial charge in [0.1, 0.15) is 17.8 Å². The van der Waals surface area contributed by atoms with Crippen molar-refractivity contribution in [2.45, 2.75) is 32.9 Å². The number of amides is 1. The molecule has 0 saturated carbocycles. The average molecular weight is 388 g/mol. The Morgan fingerprint density at radius 3 is 2.74 bits per heavy atom. The maximum Gasteiger partial charge on any atom is 0.272 e. The van der Waals surface area contributed by atoms with Gasteiger partial charge in [-0.15, -0.1) is 0 Å². The van der Waals surface area contributed by atoms with Crippen molar-refractivity contribution in [2.75, 3.05) is 23.4 Å². The van der Waals surface area contributed by atoms with E-state index >= 15 is 0 Å². The first kappa shape index (κ1) is 19.3. The monoisotopic (exact) mass is 388 g/mol. The summed E-state index contributed by atoms with van der Waals surface area (Å²) < 4.78 is 23.5. The molecule has 0 radical (unpaired) electrons. The molecule has 2 aromatic rings. The molecule has 1 aliphatic rings. The van der Waals surface area contributed by atoms with E-state index in [9.17, 15) is 13.2 Å². The third-order valence-electron chi connectivity index (χ3n) is 4.86. The van der Waals surface area contributed by atoms with Crippen molar-refractivity contribution in [3.05, 3.63) is 53.5 Å². The first-order valence-electron chi connectivity index (χ1n) is 9.01. The Balaban J connectivity index is 1.72. The van der Waals surface area contributed by atoms with Gasteiger partial charge in [0.2, 0.25) is 0 Å². The molecule has 1 aromatic carbocycles. The maximum atomic E-state index is 12.9. The number of nitrogens with one attached hydrogen (secondary N) is 1. The van der Waals surface area contributed by atoms with Crippen LogP contribution in [0.4, 0.5) is 5.82 Å². The smallest absolute Gasteiger partial charge is 0.272 e. The predicted octanol–water partition coefficient (Wildman–Crippen LogP) is 2.05. The van der Waals surface area contributed by atoms with Crippen LogP contribution >= 0.6 is 0 Å². The molecular weight excluding hydrogens is 364 g/mol. The Hall–Kier alpha value is -2.48. The predicted molar refractivity (Wildman–Crippen MR) is 104 cm³/mol. The lowest BCUT2D eigenvalue weighted by molar-refractivity contribution is 0.0702. The lowest BCUT2D eigenvalue weighted by atomic mass is 10.1. The summed E-state index contributed by atoms with van der Waals surface area (Å²) in [4.78, 5) is 22.7. The second-order valence-electron chi connectivity index (χ2n) is 6.72. The van der Waals surface area contributed by atoms with Gasteiger partial charge in [0.15, 0.2) is 9.84 Å². The van der Waals surface area contributed by atoms with Crippen molar-refractivity contribution >= 4 is 21.6 Å². The van der Waals surface area contributed by atoms with E-state index in [-0.39, 0.29) is 29.1 Å². The van der Waals surface area contributed by atoms with Gasteiger partial charge in [0.05, 0.1) is 11.5 Å². The SMILES string of the molecule is CCN(C(=O)c1cc(NCc2ccccc2C)ncn1)C1CCS(=O)(=O)C1. The summed E-state index contributed by atoms with van der Waals surface area (Å²) in [5, 5.41) is 3.22. The number of benzene rings is 1. The van der Waals surface area contributed by atoms with Crippen LogP contribution in [-0.2, 0) is 16.4 Å². The molecule has 1 atom stereocenters. The standard InChI is InChI=1S/C19H24N4O3S/c1-3-23(16-8-9-27(25,26)12-16)19(24)17-10-18(22-13-21-17)20-11-15-7-5-4-6-14(15)2/h4-7,10,13,16H,3,8-9,11-12H2,1-2H3,(H,20,21,22). The third-order valence-corrected chi connectivity index (χ3v) is 6.61. The molecule has 1 amide bonds. The number of anilines is 1. The lowest BCUT2D eigenvalue weighted by Gasteiger charge is -2.26. The highest BCUT2D eigenvalue weighted by molar-refractivity contribution is 7.91. The molecule has 144 valence electrons. The Bertz CT molecular complexity index is 930. The van der Waals surface area contributed by atoms with Crippen LogP contribution in [0.5, 0.6) is 0 Å². The number of hydrogen-bond acceptors (Lipinski definition) is 6. The van der Waals surface area contributed by atoms with Crippen LogP contribution in [-0.4, -0.2) is 53.3 Å². The summed E-state index contributed by atoms with van der Waals surface area (Å²) in [6.45, 7) is 4.92. The molecule has 1 aromatic heterocycles. The molecule has 27 heavy (non-hydrogen) atoms. The van der Waals surface area contributed by atoms with Crippen molar-refractivity contribution in [2.24, 2.45) is 0 Å². The van der Waals surface area contributed by atoms with Gasteiger partial charge in [-0.2, -0.15) is 0 Å². The van der Waals surface area contributed by atoms with Gasteiger partial charge < -0.3 is 10.2 Å². The summed E-state index contributed by atoms with van der Waals surface area (Å²) in [5.74, 6) is 0.456. The fourth-order valence-corrected chi connectivity index (χ4v) is 5.03. The fraction of sp³-hybridized carbons (Fsp3) is 0.421. The molecule has 0 bridgehead atoms. The van der Waals surface area contributed by atoms with Crippen LogP contribution in [0, 0.1) is 6.92 Å². The summed E-state index contributed by atoms with van der Waals surface area (Å²) in [5.41, 5.74) is 2.59. The molecule has 1 fully saturated rings.